The van der Waals surface area contributed by atoms with Gasteiger partial charge in [0.05, 0.1) is 0 Å². The van der Waals surface area contributed by atoms with E-state index in [0.717, 1.165) is 57.3 Å². The van der Waals surface area contributed by atoms with E-state index in [2.05, 4.69) is 48.5 Å². The van der Waals surface area contributed by atoms with Crippen LogP contribution >= 0.6 is 7.82 Å². The van der Waals surface area contributed by atoms with Crippen LogP contribution in [-0.4, -0.2) is 0 Å². The van der Waals surface area contributed by atoms with E-state index >= 15 is 0 Å². The summed E-state index contributed by atoms with van der Waals surface area (Å²) in [6.07, 6.45) is 2.99. The topological polar surface area (TPSA) is 58.6 Å². The van der Waals surface area contributed by atoms with Crippen molar-refractivity contribution in [2.75, 3.05) is 0 Å². The fourth-order valence-electron chi connectivity index (χ4n) is 6.36. The third kappa shape index (κ3) is 8.34. The first kappa shape index (κ1) is 33.0. The average Bonchev–Trinajstić information content (AvgIpc) is 3.05. The molecule has 7 rings (SSSR count). The third-order valence-corrected chi connectivity index (χ3v) is 9.18. The summed E-state index contributed by atoms with van der Waals surface area (Å²) in [6, 6.07) is 49.2. The van der Waals surface area contributed by atoms with E-state index < -0.39 is 7.82 Å². The molecule has 1 aliphatic heterocycles. The summed E-state index contributed by atoms with van der Waals surface area (Å²) >= 11 is 0. The Balaban J connectivity index is 0.00000386. The van der Waals surface area contributed by atoms with E-state index in [0.29, 0.717) is 30.8 Å². The van der Waals surface area contributed by atoms with Crippen LogP contribution in [0.5, 0.6) is 11.5 Å². The van der Waals surface area contributed by atoms with Gasteiger partial charge >= 0.3 is 37.4 Å². The molecular formula is C41H34NaO4P. The van der Waals surface area contributed by atoms with Gasteiger partial charge in [-0.15, -0.1) is 0 Å². The summed E-state index contributed by atoms with van der Waals surface area (Å²) in [6.45, 7) is 0. The normalized spacial score (nSPS) is 13.0. The Morgan fingerprint density at radius 1 is 0.468 bits per heavy atom. The van der Waals surface area contributed by atoms with Gasteiger partial charge in [0.2, 0.25) is 0 Å². The van der Waals surface area contributed by atoms with Crippen LogP contribution < -0.4 is 43.5 Å². The summed E-state index contributed by atoms with van der Waals surface area (Å²) in [5.41, 5.74) is 10.0. The number of phosphoric ester groups is 1. The zero-order valence-corrected chi connectivity index (χ0v) is 29.4. The molecule has 0 fully saturated rings. The number of phosphoric acid groups is 1. The maximum Gasteiger partial charge on any atom is 1.00 e. The van der Waals surface area contributed by atoms with Gasteiger partial charge in [-0.3, -0.25) is 0 Å². The molecule has 1 heterocycles. The van der Waals surface area contributed by atoms with Crippen molar-refractivity contribution in [1.29, 1.82) is 0 Å². The summed E-state index contributed by atoms with van der Waals surface area (Å²) < 4.78 is 25.5. The molecule has 6 aromatic carbocycles. The first-order chi connectivity index (χ1) is 22.5. The average molecular weight is 645 g/mol. The molecule has 0 spiro atoms. The Hall–Kier alpha value is -3.89. The minimum atomic E-state index is -4.80. The van der Waals surface area contributed by atoms with Crippen molar-refractivity contribution in [2.24, 2.45) is 0 Å². The van der Waals surface area contributed by atoms with Crippen molar-refractivity contribution in [3.63, 3.8) is 0 Å². The fraction of sp³-hybridized carbons (Fsp3) is 0.122. The van der Waals surface area contributed by atoms with Gasteiger partial charge in [0, 0.05) is 19.3 Å². The zero-order valence-electron chi connectivity index (χ0n) is 26.5. The van der Waals surface area contributed by atoms with Crippen molar-refractivity contribution in [1.82, 2.24) is 0 Å². The fourth-order valence-corrected chi connectivity index (χ4v) is 7.31. The van der Waals surface area contributed by atoms with Gasteiger partial charge in [0.1, 0.15) is 11.5 Å². The molecule has 0 bridgehead atoms. The van der Waals surface area contributed by atoms with E-state index in [1.54, 1.807) is 0 Å². The van der Waals surface area contributed by atoms with Gasteiger partial charge in [-0.05, 0) is 68.5 Å². The monoisotopic (exact) mass is 644 g/mol. The molecule has 47 heavy (non-hydrogen) atoms. The molecule has 0 aromatic heterocycles. The summed E-state index contributed by atoms with van der Waals surface area (Å²) in [4.78, 5) is 13.7. The molecule has 4 nitrogen and oxygen atoms in total. The predicted octanol–water partition coefficient (Wildman–Crippen LogP) is 5.88. The molecule has 0 radical (unpaired) electrons. The van der Waals surface area contributed by atoms with E-state index in [4.69, 9.17) is 9.05 Å². The largest absolute Gasteiger partial charge is 1.00 e. The molecular weight excluding hydrogens is 610 g/mol. The molecule has 0 aliphatic carbocycles. The van der Waals surface area contributed by atoms with Crippen LogP contribution in [-0.2, 0) is 36.7 Å². The van der Waals surface area contributed by atoms with Gasteiger partial charge in [-0.1, -0.05) is 146 Å². The third-order valence-electron chi connectivity index (χ3n) is 8.37. The Morgan fingerprint density at radius 2 is 0.787 bits per heavy atom. The van der Waals surface area contributed by atoms with Crippen LogP contribution in [0.4, 0.5) is 0 Å². The molecule has 0 N–H and O–H groups in total. The summed E-state index contributed by atoms with van der Waals surface area (Å²) in [7, 11) is -4.80. The van der Waals surface area contributed by atoms with E-state index in [1.807, 2.05) is 97.1 Å². The van der Waals surface area contributed by atoms with Crippen molar-refractivity contribution >= 4 is 7.82 Å². The van der Waals surface area contributed by atoms with Crippen LogP contribution in [0.15, 0.2) is 146 Å². The molecule has 0 amide bonds. The smallest absolute Gasteiger partial charge is 0.736 e. The van der Waals surface area contributed by atoms with Crippen LogP contribution in [0.25, 0.3) is 0 Å². The Kier molecular flexibility index (Phi) is 10.5. The molecule has 0 saturated carbocycles. The standard InChI is InChI=1S/C41H35O4P.Na/c42-46(43)44-40-36(23-32-17-9-3-10-18-32)25-34(21-30-13-5-1-6-14-30)27-38(40)29-39-28-35(22-31-15-7-2-8-16-31)26-37(41(39)45-46)24-33-19-11-4-12-20-33;/h1-20,25-28H,21-24,29H2,(H,42,43);/q;+1/p-1. The van der Waals surface area contributed by atoms with Crippen molar-refractivity contribution in [3.8, 4) is 11.5 Å². The second-order valence-corrected chi connectivity index (χ2v) is 13.2. The maximum atomic E-state index is 13.7. The molecule has 6 aromatic rings. The number of benzene rings is 6. The van der Waals surface area contributed by atoms with Crippen molar-refractivity contribution in [3.05, 3.63) is 201 Å². The first-order valence-corrected chi connectivity index (χ1v) is 17.1. The van der Waals surface area contributed by atoms with E-state index in [-0.39, 0.29) is 29.6 Å². The van der Waals surface area contributed by atoms with Crippen LogP contribution in [0, 0.1) is 0 Å². The second-order valence-electron chi connectivity index (χ2n) is 11.9. The number of hydrogen-bond donors (Lipinski definition) is 0. The van der Waals surface area contributed by atoms with Gasteiger partial charge in [-0.2, -0.15) is 0 Å². The molecule has 0 unspecified atom stereocenters. The predicted molar refractivity (Wildman–Crippen MR) is 182 cm³/mol. The van der Waals surface area contributed by atoms with Crippen LogP contribution in [0.3, 0.4) is 0 Å². The van der Waals surface area contributed by atoms with Gasteiger partial charge in [0.25, 0.3) is 0 Å². The van der Waals surface area contributed by atoms with Crippen molar-refractivity contribution in [2.45, 2.75) is 32.1 Å². The number of fused-ring (bicyclic) bond motifs is 2. The quantitative estimate of drug-likeness (QED) is 0.153. The van der Waals surface area contributed by atoms with E-state index in [1.165, 1.54) is 11.1 Å². The SMILES string of the molecule is O=P1([O-])Oc2c(Cc3ccccc3)cc(Cc3ccccc3)cc2Cc2cc(Cc3ccccc3)cc(Cc3ccccc3)c2O1.[Na+]. The van der Waals surface area contributed by atoms with Crippen LogP contribution in [0.2, 0.25) is 0 Å². The zero-order chi connectivity index (χ0) is 31.3. The Labute approximate surface area is 299 Å². The Bertz CT molecular complexity index is 1860. The van der Waals surface area contributed by atoms with Crippen molar-refractivity contribution < 1.29 is 48.1 Å². The number of hydrogen-bond acceptors (Lipinski definition) is 4. The minimum Gasteiger partial charge on any atom is -0.736 e. The molecule has 6 heteroatoms. The van der Waals surface area contributed by atoms with E-state index in [9.17, 15) is 9.46 Å². The van der Waals surface area contributed by atoms with Gasteiger partial charge in [-0.25, -0.2) is 4.57 Å². The number of rotatable bonds is 8. The molecule has 228 valence electrons. The molecule has 0 atom stereocenters. The molecule has 0 saturated heterocycles. The summed E-state index contributed by atoms with van der Waals surface area (Å²) in [5.74, 6) is 0.727. The summed E-state index contributed by atoms with van der Waals surface area (Å²) in [5, 5.41) is 0. The second kappa shape index (κ2) is 14.9. The molecule has 1 aliphatic rings. The minimum absolute atomic E-state index is 0. The van der Waals surface area contributed by atoms with Gasteiger partial charge < -0.3 is 13.9 Å². The Morgan fingerprint density at radius 3 is 1.13 bits per heavy atom. The first-order valence-electron chi connectivity index (χ1n) is 15.6. The van der Waals surface area contributed by atoms with Crippen LogP contribution in [0.1, 0.15) is 55.6 Å². The maximum absolute atomic E-state index is 13.7. The van der Waals surface area contributed by atoms with Gasteiger partial charge in [0.15, 0.2) is 0 Å².